The van der Waals surface area contributed by atoms with Crippen LogP contribution in [0.3, 0.4) is 0 Å². The summed E-state index contributed by atoms with van der Waals surface area (Å²) >= 11 is 17.6. The molecule has 1 aliphatic rings. The number of rotatable bonds is 4. The zero-order valence-corrected chi connectivity index (χ0v) is 18.8. The Morgan fingerprint density at radius 3 is 2.77 bits per heavy atom. The van der Waals surface area contributed by atoms with Crippen LogP contribution in [0.4, 0.5) is 0 Å². The van der Waals surface area contributed by atoms with Gasteiger partial charge in [-0.25, -0.2) is 4.98 Å². The SMILES string of the molecule is O=C(NNC(=S)NC[C@H]1CCCO1)c1cc(-c2ccc(Cl)cc2Cl)nc2ccccc12. The number of aromatic nitrogens is 1. The highest BCUT2D eigenvalue weighted by Crippen LogP contribution is 2.31. The number of carbonyl (C=O) groups is 1. The number of para-hydroxylation sites is 1. The lowest BCUT2D eigenvalue weighted by atomic mass is 10.0. The summed E-state index contributed by atoms with van der Waals surface area (Å²) in [7, 11) is 0. The third-order valence-electron chi connectivity index (χ3n) is 4.97. The molecule has 0 bridgehead atoms. The van der Waals surface area contributed by atoms with Gasteiger partial charge in [-0.2, -0.15) is 0 Å². The first-order valence-electron chi connectivity index (χ1n) is 9.82. The van der Waals surface area contributed by atoms with E-state index in [4.69, 9.17) is 40.2 Å². The molecule has 160 valence electrons. The molecule has 1 amide bonds. The predicted octanol–water partition coefficient (Wildman–Crippen LogP) is 4.50. The van der Waals surface area contributed by atoms with Crippen LogP contribution in [0.1, 0.15) is 23.2 Å². The zero-order chi connectivity index (χ0) is 21.8. The normalized spacial score (nSPS) is 15.6. The highest BCUT2D eigenvalue weighted by molar-refractivity contribution is 7.80. The number of halogens is 2. The van der Waals surface area contributed by atoms with Crippen molar-refractivity contribution in [2.75, 3.05) is 13.2 Å². The number of amides is 1. The Hall–Kier alpha value is -2.45. The molecule has 0 radical (unpaired) electrons. The Bertz CT molecular complexity index is 1140. The maximum absolute atomic E-state index is 13.0. The van der Waals surface area contributed by atoms with Crippen molar-refractivity contribution in [3.63, 3.8) is 0 Å². The van der Waals surface area contributed by atoms with Gasteiger partial charge in [-0.05, 0) is 55.4 Å². The summed E-state index contributed by atoms with van der Waals surface area (Å²) < 4.78 is 5.56. The largest absolute Gasteiger partial charge is 0.376 e. The van der Waals surface area contributed by atoms with Crippen LogP contribution in [-0.2, 0) is 4.74 Å². The van der Waals surface area contributed by atoms with Gasteiger partial charge in [0.2, 0.25) is 0 Å². The number of ether oxygens (including phenoxy) is 1. The van der Waals surface area contributed by atoms with Crippen molar-refractivity contribution in [2.45, 2.75) is 18.9 Å². The molecule has 9 heteroatoms. The van der Waals surface area contributed by atoms with Gasteiger partial charge in [0.25, 0.3) is 5.91 Å². The Balaban J connectivity index is 1.54. The van der Waals surface area contributed by atoms with Gasteiger partial charge in [0.15, 0.2) is 5.11 Å². The number of pyridine rings is 1. The van der Waals surface area contributed by atoms with Crippen LogP contribution >= 0.6 is 35.4 Å². The average Bonchev–Trinajstić information content (AvgIpc) is 3.29. The van der Waals surface area contributed by atoms with E-state index in [1.165, 1.54) is 0 Å². The number of carbonyl (C=O) groups excluding carboxylic acids is 1. The fourth-order valence-electron chi connectivity index (χ4n) is 3.44. The Kier molecular flexibility index (Phi) is 6.87. The highest BCUT2D eigenvalue weighted by Gasteiger charge is 2.17. The molecule has 0 unspecified atom stereocenters. The van der Waals surface area contributed by atoms with Gasteiger partial charge in [-0.15, -0.1) is 0 Å². The minimum Gasteiger partial charge on any atom is -0.376 e. The van der Waals surface area contributed by atoms with Gasteiger partial charge in [0, 0.05) is 29.1 Å². The number of thiocarbonyl (C=S) groups is 1. The van der Waals surface area contributed by atoms with E-state index in [9.17, 15) is 4.79 Å². The molecule has 2 heterocycles. The molecule has 1 saturated heterocycles. The van der Waals surface area contributed by atoms with Crippen LogP contribution in [0.5, 0.6) is 0 Å². The molecule has 31 heavy (non-hydrogen) atoms. The fraction of sp³-hybridized carbons (Fsp3) is 0.227. The van der Waals surface area contributed by atoms with Gasteiger partial charge in [0.05, 0.1) is 27.9 Å². The van der Waals surface area contributed by atoms with E-state index in [1.807, 2.05) is 24.3 Å². The molecule has 1 aliphatic heterocycles. The molecule has 3 aromatic rings. The van der Waals surface area contributed by atoms with Gasteiger partial charge in [-0.1, -0.05) is 41.4 Å². The quantitative estimate of drug-likeness (QED) is 0.381. The predicted molar refractivity (Wildman–Crippen MR) is 127 cm³/mol. The van der Waals surface area contributed by atoms with Crippen LogP contribution in [0.15, 0.2) is 48.5 Å². The molecule has 3 N–H and O–H groups in total. The molecular formula is C22H20Cl2N4O2S. The lowest BCUT2D eigenvalue weighted by molar-refractivity contribution is 0.0944. The van der Waals surface area contributed by atoms with Crippen LogP contribution in [0, 0.1) is 0 Å². The smallest absolute Gasteiger partial charge is 0.270 e. The van der Waals surface area contributed by atoms with Gasteiger partial charge >= 0.3 is 0 Å². The second kappa shape index (κ2) is 9.78. The number of fused-ring (bicyclic) bond motifs is 1. The summed E-state index contributed by atoms with van der Waals surface area (Å²) in [6, 6.07) is 14.3. The molecule has 4 rings (SSSR count). The number of hydrogen-bond donors (Lipinski definition) is 3. The molecule has 6 nitrogen and oxygen atoms in total. The maximum Gasteiger partial charge on any atom is 0.270 e. The first-order chi connectivity index (χ1) is 15.0. The number of hydrazine groups is 1. The minimum absolute atomic E-state index is 0.145. The van der Waals surface area contributed by atoms with E-state index < -0.39 is 0 Å². The van der Waals surface area contributed by atoms with E-state index >= 15 is 0 Å². The topological polar surface area (TPSA) is 75.3 Å². The van der Waals surface area contributed by atoms with Crippen molar-refractivity contribution in [3.05, 3.63) is 64.1 Å². The molecule has 0 saturated carbocycles. The second-order valence-corrected chi connectivity index (χ2v) is 8.37. The van der Waals surface area contributed by atoms with E-state index in [0.29, 0.717) is 49.4 Å². The van der Waals surface area contributed by atoms with Crippen LogP contribution in [0.25, 0.3) is 22.2 Å². The summed E-state index contributed by atoms with van der Waals surface area (Å²) in [6.07, 6.45) is 2.20. The van der Waals surface area contributed by atoms with Crippen LogP contribution < -0.4 is 16.2 Å². The van der Waals surface area contributed by atoms with Gasteiger partial charge in [0.1, 0.15) is 0 Å². The molecule has 1 fully saturated rings. The monoisotopic (exact) mass is 474 g/mol. The van der Waals surface area contributed by atoms with E-state index in [-0.39, 0.29) is 12.0 Å². The van der Waals surface area contributed by atoms with Crippen molar-refractivity contribution < 1.29 is 9.53 Å². The first-order valence-corrected chi connectivity index (χ1v) is 11.0. The zero-order valence-electron chi connectivity index (χ0n) is 16.5. The Morgan fingerprint density at radius 1 is 1.16 bits per heavy atom. The fourth-order valence-corrected chi connectivity index (χ4v) is 4.08. The van der Waals surface area contributed by atoms with E-state index in [2.05, 4.69) is 21.2 Å². The highest BCUT2D eigenvalue weighted by atomic mass is 35.5. The van der Waals surface area contributed by atoms with Crippen molar-refractivity contribution in [3.8, 4) is 11.3 Å². The summed E-state index contributed by atoms with van der Waals surface area (Å²) in [5.41, 5.74) is 7.79. The summed E-state index contributed by atoms with van der Waals surface area (Å²) in [6.45, 7) is 1.37. The lowest BCUT2D eigenvalue weighted by Crippen LogP contribution is -2.48. The molecule has 2 aromatic carbocycles. The van der Waals surface area contributed by atoms with Crippen molar-refractivity contribution >= 4 is 57.3 Å². The Morgan fingerprint density at radius 2 is 2.00 bits per heavy atom. The minimum atomic E-state index is -0.341. The third-order valence-corrected chi connectivity index (χ3v) is 5.77. The molecule has 1 atom stereocenters. The second-order valence-electron chi connectivity index (χ2n) is 7.12. The number of nitrogens with one attached hydrogen (secondary N) is 3. The molecular weight excluding hydrogens is 455 g/mol. The van der Waals surface area contributed by atoms with Crippen LogP contribution in [0.2, 0.25) is 10.0 Å². The average molecular weight is 475 g/mol. The molecule has 1 aromatic heterocycles. The van der Waals surface area contributed by atoms with E-state index in [1.54, 1.807) is 24.3 Å². The lowest BCUT2D eigenvalue weighted by Gasteiger charge is -2.15. The van der Waals surface area contributed by atoms with Crippen LogP contribution in [-0.4, -0.2) is 35.3 Å². The molecule has 0 spiro atoms. The van der Waals surface area contributed by atoms with E-state index in [0.717, 1.165) is 19.4 Å². The summed E-state index contributed by atoms with van der Waals surface area (Å²) in [5.74, 6) is -0.341. The van der Waals surface area contributed by atoms with Gasteiger partial charge < -0.3 is 10.1 Å². The number of nitrogens with zero attached hydrogens (tertiary/aromatic N) is 1. The third kappa shape index (κ3) is 5.25. The van der Waals surface area contributed by atoms with Gasteiger partial charge in [-0.3, -0.25) is 15.6 Å². The number of benzene rings is 2. The van der Waals surface area contributed by atoms with Crippen molar-refractivity contribution in [2.24, 2.45) is 0 Å². The van der Waals surface area contributed by atoms with Crippen molar-refractivity contribution in [1.29, 1.82) is 0 Å². The molecule has 0 aliphatic carbocycles. The summed E-state index contributed by atoms with van der Waals surface area (Å²) in [5, 5.41) is 5.08. The standard InChI is InChI=1S/C22H20Cl2N4O2S/c23-13-7-8-16(18(24)10-13)20-11-17(15-5-1-2-6-19(15)26-20)21(29)27-28-22(31)25-12-14-4-3-9-30-14/h1-2,5-8,10-11,14H,3-4,9,12H2,(H,27,29)(H2,25,28,31)/t14-/m1/s1. The number of hydrogen-bond acceptors (Lipinski definition) is 4. The first kappa shape index (κ1) is 21.8. The maximum atomic E-state index is 13.0. The Labute approximate surface area is 195 Å². The summed E-state index contributed by atoms with van der Waals surface area (Å²) in [4.78, 5) is 17.6. The van der Waals surface area contributed by atoms with Crippen molar-refractivity contribution in [1.82, 2.24) is 21.2 Å².